The second-order valence-corrected chi connectivity index (χ2v) is 8.18. The van der Waals surface area contributed by atoms with Crippen LogP contribution in [0.2, 0.25) is 0 Å². The quantitative estimate of drug-likeness (QED) is 0.392. The van der Waals surface area contributed by atoms with E-state index in [4.69, 9.17) is 14.2 Å². The van der Waals surface area contributed by atoms with Crippen molar-refractivity contribution in [2.24, 2.45) is 0 Å². The van der Waals surface area contributed by atoms with E-state index in [1.807, 2.05) is 34.5 Å². The summed E-state index contributed by atoms with van der Waals surface area (Å²) in [6.07, 6.45) is 0.681. The maximum Gasteiger partial charge on any atom is 0.269 e. The van der Waals surface area contributed by atoms with Crippen LogP contribution in [0.5, 0.6) is 17.2 Å². The predicted molar refractivity (Wildman–Crippen MR) is 120 cm³/mol. The number of nitro benzene ring substituents is 1. The van der Waals surface area contributed by atoms with Crippen molar-refractivity contribution in [3.63, 3.8) is 0 Å². The topological polar surface area (TPSA) is 91.1 Å². The first kappa shape index (κ1) is 21.6. The van der Waals surface area contributed by atoms with Crippen molar-refractivity contribution in [3.8, 4) is 17.2 Å². The SMILES string of the molecule is COc1cc2c(cc1OC)C(c1cccs1)N(C(=O)COc1ccc([N+](=O)[O-])cc1)CC2. The molecule has 0 N–H and O–H groups in total. The van der Waals surface area contributed by atoms with Gasteiger partial charge in [-0.2, -0.15) is 0 Å². The van der Waals surface area contributed by atoms with Crippen LogP contribution in [0.15, 0.2) is 53.9 Å². The van der Waals surface area contributed by atoms with Gasteiger partial charge < -0.3 is 19.1 Å². The molecule has 0 saturated carbocycles. The Kier molecular flexibility index (Phi) is 6.27. The first-order valence-electron chi connectivity index (χ1n) is 9.96. The zero-order valence-electron chi connectivity index (χ0n) is 17.6. The molecule has 3 aromatic rings. The summed E-state index contributed by atoms with van der Waals surface area (Å²) in [5, 5.41) is 12.8. The fraction of sp³-hybridized carbons (Fsp3) is 0.261. The summed E-state index contributed by atoms with van der Waals surface area (Å²) in [5.74, 6) is 1.52. The van der Waals surface area contributed by atoms with Gasteiger partial charge in [0.05, 0.1) is 25.2 Å². The number of hydrogen-bond acceptors (Lipinski definition) is 7. The van der Waals surface area contributed by atoms with E-state index in [-0.39, 0.29) is 24.2 Å². The fourth-order valence-corrected chi connectivity index (χ4v) is 4.71. The van der Waals surface area contributed by atoms with Gasteiger partial charge in [0.15, 0.2) is 18.1 Å². The number of rotatable bonds is 7. The first-order chi connectivity index (χ1) is 15.5. The van der Waals surface area contributed by atoms with E-state index in [1.54, 1.807) is 25.6 Å². The lowest BCUT2D eigenvalue weighted by atomic mass is 9.90. The van der Waals surface area contributed by atoms with Crippen molar-refractivity contribution in [1.82, 2.24) is 4.90 Å². The normalized spacial score (nSPS) is 15.1. The molecule has 1 aliphatic heterocycles. The van der Waals surface area contributed by atoms with E-state index in [1.165, 1.54) is 24.3 Å². The van der Waals surface area contributed by atoms with E-state index >= 15 is 0 Å². The number of carbonyl (C=O) groups excluding carboxylic acids is 1. The van der Waals surface area contributed by atoms with Crippen molar-refractivity contribution >= 4 is 22.9 Å². The van der Waals surface area contributed by atoms with Crippen LogP contribution in [0.25, 0.3) is 0 Å². The molecule has 1 atom stereocenters. The molecule has 0 saturated heterocycles. The molecule has 0 radical (unpaired) electrons. The molecule has 2 aromatic carbocycles. The first-order valence-corrected chi connectivity index (χ1v) is 10.8. The minimum Gasteiger partial charge on any atom is -0.493 e. The van der Waals surface area contributed by atoms with E-state index < -0.39 is 4.92 Å². The molecule has 32 heavy (non-hydrogen) atoms. The van der Waals surface area contributed by atoms with Gasteiger partial charge in [0.25, 0.3) is 11.6 Å². The highest BCUT2D eigenvalue weighted by molar-refractivity contribution is 7.10. The third-order valence-corrected chi connectivity index (χ3v) is 6.34. The Labute approximate surface area is 189 Å². The summed E-state index contributed by atoms with van der Waals surface area (Å²) in [6, 6.07) is 13.3. The molecule has 2 heterocycles. The molecule has 9 heteroatoms. The number of benzene rings is 2. The minimum absolute atomic E-state index is 0.0292. The molecule has 0 aliphatic carbocycles. The fourth-order valence-electron chi connectivity index (χ4n) is 3.86. The van der Waals surface area contributed by atoms with Crippen molar-refractivity contribution in [2.45, 2.75) is 12.5 Å². The third-order valence-electron chi connectivity index (χ3n) is 5.42. The number of fused-ring (bicyclic) bond motifs is 1. The zero-order chi connectivity index (χ0) is 22.7. The van der Waals surface area contributed by atoms with Gasteiger partial charge in [0.1, 0.15) is 5.75 Å². The third kappa shape index (κ3) is 4.24. The molecular weight excluding hydrogens is 432 g/mol. The number of hydrogen-bond donors (Lipinski definition) is 0. The van der Waals surface area contributed by atoms with Crippen molar-refractivity contribution in [3.05, 3.63) is 80.0 Å². The van der Waals surface area contributed by atoms with E-state index in [2.05, 4.69) is 0 Å². The van der Waals surface area contributed by atoms with Crippen LogP contribution >= 0.6 is 11.3 Å². The smallest absolute Gasteiger partial charge is 0.269 e. The Bertz CT molecular complexity index is 1110. The van der Waals surface area contributed by atoms with Crippen molar-refractivity contribution < 1.29 is 23.9 Å². The van der Waals surface area contributed by atoms with Gasteiger partial charge in [-0.15, -0.1) is 11.3 Å². The molecule has 4 rings (SSSR count). The number of thiophene rings is 1. The monoisotopic (exact) mass is 454 g/mol. The van der Waals surface area contributed by atoms with Crippen molar-refractivity contribution in [2.75, 3.05) is 27.4 Å². The number of nitro groups is 1. The average Bonchev–Trinajstić information content (AvgIpc) is 3.35. The minimum atomic E-state index is -0.477. The zero-order valence-corrected chi connectivity index (χ0v) is 18.5. The van der Waals surface area contributed by atoms with Gasteiger partial charge in [-0.25, -0.2) is 0 Å². The number of ether oxygens (including phenoxy) is 3. The largest absolute Gasteiger partial charge is 0.493 e. The number of methoxy groups -OCH3 is 2. The second-order valence-electron chi connectivity index (χ2n) is 7.20. The summed E-state index contributed by atoms with van der Waals surface area (Å²) in [5.41, 5.74) is 2.08. The van der Waals surface area contributed by atoms with Gasteiger partial charge in [-0.05, 0) is 53.3 Å². The molecule has 0 bridgehead atoms. The molecule has 1 aliphatic rings. The van der Waals surface area contributed by atoms with Crippen molar-refractivity contribution in [1.29, 1.82) is 0 Å². The Morgan fingerprint density at radius 2 is 1.88 bits per heavy atom. The summed E-state index contributed by atoms with van der Waals surface area (Å²) >= 11 is 1.59. The number of carbonyl (C=O) groups is 1. The van der Waals surface area contributed by atoms with Gasteiger partial charge in [-0.3, -0.25) is 14.9 Å². The highest BCUT2D eigenvalue weighted by atomic mass is 32.1. The van der Waals surface area contributed by atoms with E-state index in [0.29, 0.717) is 30.2 Å². The lowest BCUT2D eigenvalue weighted by Gasteiger charge is -2.37. The molecule has 1 amide bonds. The van der Waals surface area contributed by atoms with Gasteiger partial charge in [0.2, 0.25) is 0 Å². The summed E-state index contributed by atoms with van der Waals surface area (Å²) in [4.78, 5) is 26.4. The summed E-state index contributed by atoms with van der Waals surface area (Å²) in [7, 11) is 3.20. The maximum atomic E-state index is 13.2. The van der Waals surface area contributed by atoms with Gasteiger partial charge in [-0.1, -0.05) is 6.07 Å². The van der Waals surface area contributed by atoms with E-state index in [0.717, 1.165) is 16.0 Å². The highest BCUT2D eigenvalue weighted by Gasteiger charge is 2.34. The van der Waals surface area contributed by atoms with Crippen LogP contribution in [-0.4, -0.2) is 43.1 Å². The molecular formula is C23H22N2O6S. The molecule has 166 valence electrons. The lowest BCUT2D eigenvalue weighted by Crippen LogP contribution is -2.42. The standard InChI is InChI=1S/C23H22N2O6S/c1-29-19-12-15-9-10-24(22(26)14-31-17-7-5-16(6-8-17)25(27)28)23(21-4-3-11-32-21)18(15)13-20(19)30-2/h3-8,11-13,23H,9-10,14H2,1-2H3. The Morgan fingerprint density at radius 3 is 2.50 bits per heavy atom. The van der Waals surface area contributed by atoms with Crippen LogP contribution < -0.4 is 14.2 Å². The van der Waals surface area contributed by atoms with Crippen LogP contribution in [0, 0.1) is 10.1 Å². The van der Waals surface area contributed by atoms with Crippen LogP contribution in [-0.2, 0) is 11.2 Å². The van der Waals surface area contributed by atoms with Gasteiger partial charge >= 0.3 is 0 Å². The highest BCUT2D eigenvalue weighted by Crippen LogP contribution is 2.42. The molecule has 1 unspecified atom stereocenters. The summed E-state index contributed by atoms with van der Waals surface area (Å²) in [6.45, 7) is 0.371. The Balaban J connectivity index is 1.59. The lowest BCUT2D eigenvalue weighted by molar-refractivity contribution is -0.384. The van der Waals surface area contributed by atoms with E-state index in [9.17, 15) is 14.9 Å². The Hall–Kier alpha value is -3.59. The number of nitrogens with zero attached hydrogens (tertiary/aromatic N) is 2. The molecule has 8 nitrogen and oxygen atoms in total. The molecule has 0 spiro atoms. The molecule has 0 fully saturated rings. The Morgan fingerprint density at radius 1 is 1.16 bits per heavy atom. The van der Waals surface area contributed by atoms with Crippen LogP contribution in [0.3, 0.4) is 0 Å². The number of non-ortho nitro benzene ring substituents is 1. The second kappa shape index (κ2) is 9.27. The van der Waals surface area contributed by atoms with Crippen LogP contribution in [0.4, 0.5) is 5.69 Å². The van der Waals surface area contributed by atoms with Gasteiger partial charge in [0, 0.05) is 23.6 Å². The molecule has 1 aromatic heterocycles. The predicted octanol–water partition coefficient (Wildman–Crippen LogP) is 4.23. The average molecular weight is 455 g/mol. The maximum absolute atomic E-state index is 13.2. The number of amides is 1. The summed E-state index contributed by atoms with van der Waals surface area (Å²) < 4.78 is 16.6. The van der Waals surface area contributed by atoms with Crippen LogP contribution in [0.1, 0.15) is 22.0 Å².